The van der Waals surface area contributed by atoms with E-state index >= 15 is 0 Å². The Kier molecular flexibility index (Phi) is 4.57. The number of halogens is 1. The molecule has 0 spiro atoms. The fourth-order valence-corrected chi connectivity index (χ4v) is 2.15. The van der Waals surface area contributed by atoms with Crippen molar-refractivity contribution in [3.05, 3.63) is 46.9 Å². The lowest BCUT2D eigenvalue weighted by atomic mass is 10.1. The molecule has 0 saturated carbocycles. The van der Waals surface area contributed by atoms with Crippen molar-refractivity contribution in [2.24, 2.45) is 0 Å². The molecule has 0 radical (unpaired) electrons. The molecule has 0 fully saturated rings. The number of amides is 1. The topological polar surface area (TPSA) is 101 Å². The Balaban J connectivity index is 2.92. The van der Waals surface area contributed by atoms with Crippen molar-refractivity contribution in [1.29, 1.82) is 0 Å². The lowest BCUT2D eigenvalue weighted by molar-refractivity contribution is -0.113. The quantitative estimate of drug-likeness (QED) is 0.641. The average Bonchev–Trinajstić information content (AvgIpc) is 2.50. The molecule has 2 rings (SSSR count). The maximum absolute atomic E-state index is 12.4. The van der Waals surface area contributed by atoms with Gasteiger partial charge in [0.05, 0.1) is 5.69 Å². The molecule has 0 aromatic carbocycles. The van der Waals surface area contributed by atoms with Gasteiger partial charge in [0.1, 0.15) is 17.1 Å². The van der Waals surface area contributed by atoms with Crippen LogP contribution >= 0.6 is 11.6 Å². The summed E-state index contributed by atoms with van der Waals surface area (Å²) in [5.74, 6) is -2.43. The predicted octanol–water partition coefficient (Wildman–Crippen LogP) is 1.46. The van der Waals surface area contributed by atoms with Crippen molar-refractivity contribution in [3.8, 4) is 0 Å². The Labute approximate surface area is 129 Å². The molecule has 114 valence electrons. The molecule has 7 nitrogen and oxygen atoms in total. The van der Waals surface area contributed by atoms with Gasteiger partial charge in [0.15, 0.2) is 0 Å². The summed E-state index contributed by atoms with van der Waals surface area (Å²) in [4.78, 5) is 39.5. The number of nitrogens with zero attached hydrogens (tertiary/aromatic N) is 2. The van der Waals surface area contributed by atoms with Gasteiger partial charge < -0.3 is 10.4 Å². The molecule has 2 N–H and O–H groups in total. The molecule has 0 bridgehead atoms. The van der Waals surface area contributed by atoms with Gasteiger partial charge in [-0.05, 0) is 12.1 Å². The summed E-state index contributed by atoms with van der Waals surface area (Å²) in [6.45, 7) is 3.63. The van der Waals surface area contributed by atoms with Crippen LogP contribution in [0.5, 0.6) is 0 Å². The number of nitrogens with one attached hydrogen (secondary N) is 1. The standard InChI is InChI=1S/C14H12ClN3O4/c1-2-6-18-12-8(4-3-5-16-12)11(17-9(19)7-15)10(13(18)20)14(21)22/h2-5H,1,6-7H2,(H,17,19)(H,21,22). The van der Waals surface area contributed by atoms with Gasteiger partial charge in [-0.2, -0.15) is 0 Å². The highest BCUT2D eigenvalue weighted by Gasteiger charge is 2.23. The Morgan fingerprint density at radius 2 is 2.23 bits per heavy atom. The van der Waals surface area contributed by atoms with E-state index in [9.17, 15) is 19.5 Å². The van der Waals surface area contributed by atoms with Crippen LogP contribution in [0.2, 0.25) is 0 Å². The zero-order valence-corrected chi connectivity index (χ0v) is 12.1. The highest BCUT2D eigenvalue weighted by Crippen LogP contribution is 2.24. The number of carbonyl (C=O) groups excluding carboxylic acids is 1. The molecule has 0 aliphatic carbocycles. The Hall–Kier alpha value is -2.67. The molecular weight excluding hydrogens is 310 g/mol. The monoisotopic (exact) mass is 321 g/mol. The normalized spacial score (nSPS) is 10.4. The fraction of sp³-hybridized carbons (Fsp3) is 0.143. The number of carboxylic acids is 1. The van der Waals surface area contributed by atoms with Crippen molar-refractivity contribution < 1.29 is 14.7 Å². The first-order valence-electron chi connectivity index (χ1n) is 6.22. The van der Waals surface area contributed by atoms with Crippen LogP contribution in [0.3, 0.4) is 0 Å². The van der Waals surface area contributed by atoms with E-state index < -0.39 is 23.0 Å². The molecular formula is C14H12ClN3O4. The molecule has 0 aliphatic rings. The molecule has 2 heterocycles. The number of rotatable bonds is 5. The molecule has 8 heteroatoms. The predicted molar refractivity (Wildman–Crippen MR) is 82.5 cm³/mol. The number of anilines is 1. The molecule has 2 aromatic rings. The van der Waals surface area contributed by atoms with Gasteiger partial charge in [0.25, 0.3) is 5.56 Å². The van der Waals surface area contributed by atoms with E-state index in [-0.39, 0.29) is 23.8 Å². The van der Waals surface area contributed by atoms with E-state index in [1.165, 1.54) is 16.8 Å². The maximum Gasteiger partial charge on any atom is 0.343 e. The second-order valence-corrected chi connectivity index (χ2v) is 4.58. The summed E-state index contributed by atoms with van der Waals surface area (Å²) in [6.07, 6.45) is 2.92. The van der Waals surface area contributed by atoms with E-state index in [4.69, 9.17) is 11.6 Å². The second-order valence-electron chi connectivity index (χ2n) is 4.32. The number of fused-ring (bicyclic) bond motifs is 1. The minimum atomic E-state index is -1.45. The van der Waals surface area contributed by atoms with Crippen LogP contribution in [0.1, 0.15) is 10.4 Å². The number of aromatic carboxylic acids is 1. The summed E-state index contributed by atoms with van der Waals surface area (Å²) in [5.41, 5.74) is -1.17. The number of hydrogen-bond donors (Lipinski definition) is 2. The largest absolute Gasteiger partial charge is 0.477 e. The van der Waals surface area contributed by atoms with E-state index in [0.717, 1.165) is 0 Å². The first-order chi connectivity index (χ1) is 10.5. The van der Waals surface area contributed by atoms with Crippen molar-refractivity contribution >= 4 is 40.2 Å². The summed E-state index contributed by atoms with van der Waals surface area (Å²) in [5, 5.41) is 12.0. The summed E-state index contributed by atoms with van der Waals surface area (Å²) >= 11 is 5.43. The van der Waals surface area contributed by atoms with Gasteiger partial charge in [0.2, 0.25) is 5.91 Å². The maximum atomic E-state index is 12.4. The van der Waals surface area contributed by atoms with Crippen LogP contribution in [0.4, 0.5) is 5.69 Å². The van der Waals surface area contributed by atoms with Gasteiger partial charge in [-0.15, -0.1) is 18.2 Å². The lowest BCUT2D eigenvalue weighted by Crippen LogP contribution is -2.30. The van der Waals surface area contributed by atoms with E-state index in [0.29, 0.717) is 5.39 Å². The fourth-order valence-electron chi connectivity index (χ4n) is 2.08. The van der Waals surface area contributed by atoms with E-state index in [1.807, 2.05) is 0 Å². The molecule has 0 aliphatic heterocycles. The van der Waals surface area contributed by atoms with Crippen LogP contribution in [0.25, 0.3) is 11.0 Å². The van der Waals surface area contributed by atoms with Crippen LogP contribution in [-0.2, 0) is 11.3 Å². The number of hydrogen-bond acceptors (Lipinski definition) is 4. The van der Waals surface area contributed by atoms with Crippen molar-refractivity contribution in [1.82, 2.24) is 9.55 Å². The number of pyridine rings is 2. The third-order valence-corrected chi connectivity index (χ3v) is 3.17. The zero-order chi connectivity index (χ0) is 16.3. The van der Waals surface area contributed by atoms with Crippen LogP contribution in [-0.4, -0.2) is 32.4 Å². The SMILES string of the molecule is C=CCn1c(=O)c(C(=O)O)c(NC(=O)CCl)c2cccnc21. The minimum absolute atomic E-state index is 0.0936. The molecule has 1 amide bonds. The third kappa shape index (κ3) is 2.71. The summed E-state index contributed by atoms with van der Waals surface area (Å²) in [6, 6.07) is 3.14. The molecule has 0 atom stereocenters. The van der Waals surface area contributed by atoms with Gasteiger partial charge in [0, 0.05) is 18.1 Å². The first-order valence-corrected chi connectivity index (χ1v) is 6.76. The summed E-state index contributed by atoms with van der Waals surface area (Å²) < 4.78 is 1.18. The Morgan fingerprint density at radius 1 is 1.50 bits per heavy atom. The minimum Gasteiger partial charge on any atom is -0.477 e. The van der Waals surface area contributed by atoms with Crippen molar-refractivity contribution in [3.63, 3.8) is 0 Å². The van der Waals surface area contributed by atoms with Crippen LogP contribution in [0, 0.1) is 0 Å². The summed E-state index contributed by atoms with van der Waals surface area (Å²) in [7, 11) is 0. The van der Waals surface area contributed by atoms with E-state index in [1.54, 1.807) is 12.1 Å². The molecule has 0 unspecified atom stereocenters. The second kappa shape index (κ2) is 6.40. The van der Waals surface area contributed by atoms with Crippen LogP contribution < -0.4 is 10.9 Å². The van der Waals surface area contributed by atoms with Crippen molar-refractivity contribution in [2.75, 3.05) is 11.2 Å². The molecule has 22 heavy (non-hydrogen) atoms. The van der Waals surface area contributed by atoms with Crippen LogP contribution in [0.15, 0.2) is 35.8 Å². The van der Waals surface area contributed by atoms with Gasteiger partial charge in [-0.1, -0.05) is 6.08 Å². The Bertz CT molecular complexity index is 829. The number of allylic oxidation sites excluding steroid dienone is 1. The highest BCUT2D eigenvalue weighted by molar-refractivity contribution is 6.29. The smallest absolute Gasteiger partial charge is 0.343 e. The number of carbonyl (C=O) groups is 2. The highest BCUT2D eigenvalue weighted by atomic mass is 35.5. The third-order valence-electron chi connectivity index (χ3n) is 2.93. The average molecular weight is 322 g/mol. The zero-order valence-electron chi connectivity index (χ0n) is 11.4. The Morgan fingerprint density at radius 3 is 2.82 bits per heavy atom. The number of carboxylic acid groups (broad SMARTS) is 1. The molecule has 0 saturated heterocycles. The first kappa shape index (κ1) is 15.7. The molecule has 2 aromatic heterocycles. The van der Waals surface area contributed by atoms with Gasteiger partial charge in [-0.3, -0.25) is 14.2 Å². The van der Waals surface area contributed by atoms with E-state index in [2.05, 4.69) is 16.9 Å². The van der Waals surface area contributed by atoms with Gasteiger partial charge in [-0.25, -0.2) is 9.78 Å². The number of alkyl halides is 1. The lowest BCUT2D eigenvalue weighted by Gasteiger charge is -2.14. The number of aromatic nitrogens is 2. The van der Waals surface area contributed by atoms with Crippen molar-refractivity contribution in [2.45, 2.75) is 6.54 Å². The van der Waals surface area contributed by atoms with Gasteiger partial charge >= 0.3 is 5.97 Å².